The number of ether oxygens (including phenoxy) is 1. The normalized spacial score (nSPS) is 20.6. The number of morpholine rings is 1. The Bertz CT molecular complexity index is 955. The van der Waals surface area contributed by atoms with Crippen molar-refractivity contribution in [2.45, 2.75) is 24.0 Å². The van der Waals surface area contributed by atoms with E-state index in [2.05, 4.69) is 0 Å². The Balaban J connectivity index is 1.93. The predicted molar refractivity (Wildman–Crippen MR) is 94.4 cm³/mol. The summed E-state index contributed by atoms with van der Waals surface area (Å²) in [4.78, 5) is 1.86. The van der Waals surface area contributed by atoms with Gasteiger partial charge in [0.25, 0.3) is 0 Å². The van der Waals surface area contributed by atoms with E-state index in [1.807, 2.05) is 17.9 Å². The highest BCUT2D eigenvalue weighted by atomic mass is 32.2. The number of primary sulfonamides is 1. The quantitative estimate of drug-likeness (QED) is 0.888. The number of rotatable bonds is 3. The van der Waals surface area contributed by atoms with Crippen molar-refractivity contribution in [3.63, 3.8) is 0 Å². The fourth-order valence-electron chi connectivity index (χ4n) is 3.07. The number of hydrogen-bond acceptors (Lipinski definition) is 5. The van der Waals surface area contributed by atoms with Gasteiger partial charge >= 0.3 is 0 Å². The zero-order valence-corrected chi connectivity index (χ0v) is 14.9. The molecule has 0 bridgehead atoms. The summed E-state index contributed by atoms with van der Waals surface area (Å²) in [7, 11) is -3.88. The molecule has 0 aromatic heterocycles. The predicted octanol–water partition coefficient (Wildman–Crippen LogP) is 2.31. The molecule has 0 aliphatic carbocycles. The summed E-state index contributed by atoms with van der Waals surface area (Å²) in [5.74, 6) is -0.320. The average Bonchev–Trinajstić information content (AvgIpc) is 2.60. The van der Waals surface area contributed by atoms with Gasteiger partial charge in [-0.15, -0.1) is 0 Å². The van der Waals surface area contributed by atoms with Crippen molar-refractivity contribution in [2.24, 2.45) is 5.14 Å². The number of anilines is 1. The zero-order valence-electron chi connectivity index (χ0n) is 14.1. The van der Waals surface area contributed by atoms with Crippen LogP contribution in [0.5, 0.6) is 0 Å². The summed E-state index contributed by atoms with van der Waals surface area (Å²) >= 11 is 0. The van der Waals surface area contributed by atoms with Crippen LogP contribution >= 0.6 is 0 Å². The van der Waals surface area contributed by atoms with Gasteiger partial charge in [0, 0.05) is 13.1 Å². The van der Waals surface area contributed by atoms with E-state index >= 15 is 0 Å². The second kappa shape index (κ2) is 7.03. The van der Waals surface area contributed by atoms with Crippen molar-refractivity contribution in [1.29, 1.82) is 5.26 Å². The molecule has 8 heteroatoms. The number of halogens is 1. The highest BCUT2D eigenvalue weighted by Gasteiger charge is 2.28. The van der Waals surface area contributed by atoms with Crippen LogP contribution < -0.4 is 10.0 Å². The van der Waals surface area contributed by atoms with Gasteiger partial charge in [-0.1, -0.05) is 12.1 Å². The molecule has 2 N–H and O–H groups in total. The Morgan fingerprint density at radius 2 is 1.92 bits per heavy atom. The Morgan fingerprint density at radius 3 is 2.54 bits per heavy atom. The van der Waals surface area contributed by atoms with Crippen molar-refractivity contribution in [3.05, 3.63) is 59.4 Å². The maximum Gasteiger partial charge on any atom is 0.238 e. The van der Waals surface area contributed by atoms with Crippen molar-refractivity contribution in [3.8, 4) is 6.07 Å². The van der Waals surface area contributed by atoms with Crippen molar-refractivity contribution in [1.82, 2.24) is 0 Å². The van der Waals surface area contributed by atoms with Crippen LogP contribution in [0, 0.1) is 17.1 Å². The molecule has 0 spiro atoms. The molecule has 26 heavy (non-hydrogen) atoms. The summed E-state index contributed by atoms with van der Waals surface area (Å²) in [5, 5.41) is 14.6. The Hall–Kier alpha value is -2.47. The molecule has 1 aliphatic rings. The van der Waals surface area contributed by atoms with Crippen LogP contribution in [-0.2, 0) is 14.8 Å². The molecular weight excluding hydrogens is 357 g/mol. The fraction of sp³-hybridized carbons (Fsp3) is 0.278. The molecule has 0 radical (unpaired) electrons. The fourth-order valence-corrected chi connectivity index (χ4v) is 3.61. The van der Waals surface area contributed by atoms with Gasteiger partial charge in [0.2, 0.25) is 10.0 Å². The maximum atomic E-state index is 13.2. The number of benzene rings is 2. The van der Waals surface area contributed by atoms with E-state index in [4.69, 9.17) is 9.88 Å². The van der Waals surface area contributed by atoms with Crippen molar-refractivity contribution in [2.75, 3.05) is 18.0 Å². The largest absolute Gasteiger partial charge is 0.367 e. The minimum Gasteiger partial charge on any atom is -0.367 e. The van der Waals surface area contributed by atoms with Gasteiger partial charge in [-0.3, -0.25) is 0 Å². The Morgan fingerprint density at radius 1 is 1.23 bits per heavy atom. The summed E-state index contributed by atoms with van der Waals surface area (Å²) in [6, 6.07) is 12.4. The van der Waals surface area contributed by atoms with Gasteiger partial charge in [-0.25, -0.2) is 17.9 Å². The molecular formula is C18H18FN3O3S. The Labute approximate surface area is 151 Å². The molecule has 0 amide bonds. The summed E-state index contributed by atoms with van der Waals surface area (Å²) < 4.78 is 42.1. The van der Waals surface area contributed by atoms with Gasteiger partial charge in [-0.05, 0) is 42.8 Å². The molecule has 6 nitrogen and oxygen atoms in total. The third-order valence-corrected chi connectivity index (χ3v) is 5.17. The highest BCUT2D eigenvalue weighted by molar-refractivity contribution is 7.89. The van der Waals surface area contributed by atoms with Crippen LogP contribution in [0.3, 0.4) is 0 Å². The summed E-state index contributed by atoms with van der Waals surface area (Å²) in [6.45, 7) is 2.91. The van der Waals surface area contributed by atoms with E-state index in [1.54, 1.807) is 18.2 Å². The van der Waals surface area contributed by atoms with Gasteiger partial charge < -0.3 is 9.64 Å². The lowest BCUT2D eigenvalue weighted by Gasteiger charge is -2.38. The monoisotopic (exact) mass is 375 g/mol. The first kappa shape index (κ1) is 18.3. The smallest absolute Gasteiger partial charge is 0.238 e. The molecule has 0 saturated carbocycles. The number of sulfonamides is 1. The molecule has 3 rings (SSSR count). The first-order valence-corrected chi connectivity index (χ1v) is 9.55. The lowest BCUT2D eigenvalue weighted by molar-refractivity contribution is -0.0174. The summed E-state index contributed by atoms with van der Waals surface area (Å²) in [6.07, 6.45) is -0.410. The first-order valence-electron chi connectivity index (χ1n) is 8.01. The standard InChI is InChI=1S/C18H18FN3O3S/c1-12-10-22(11-18(25-12)13-2-4-15(19)5-3-13)17-7-6-16(26(21,23)24)8-14(17)9-20/h2-8,12,18H,10-11H2,1H3,(H2,21,23,24). The molecule has 1 aliphatic heterocycles. The highest BCUT2D eigenvalue weighted by Crippen LogP contribution is 2.31. The molecule has 136 valence electrons. The minimum absolute atomic E-state index is 0.103. The SMILES string of the molecule is CC1CN(c2ccc(S(N)(=O)=O)cc2C#N)CC(c2ccc(F)cc2)O1. The Kier molecular flexibility index (Phi) is 4.96. The number of hydrogen-bond donors (Lipinski definition) is 1. The van der Waals surface area contributed by atoms with E-state index in [-0.39, 0.29) is 28.5 Å². The van der Waals surface area contributed by atoms with E-state index in [0.29, 0.717) is 18.8 Å². The van der Waals surface area contributed by atoms with Crippen LogP contribution in [0.4, 0.5) is 10.1 Å². The van der Waals surface area contributed by atoms with Gasteiger partial charge in [0.1, 0.15) is 18.0 Å². The molecule has 2 atom stereocenters. The van der Waals surface area contributed by atoms with E-state index in [0.717, 1.165) is 5.56 Å². The van der Waals surface area contributed by atoms with Crippen LogP contribution in [0.25, 0.3) is 0 Å². The topological polar surface area (TPSA) is 96.4 Å². The first-order chi connectivity index (χ1) is 12.3. The molecule has 2 unspecified atom stereocenters. The maximum absolute atomic E-state index is 13.2. The lowest BCUT2D eigenvalue weighted by Crippen LogP contribution is -2.43. The van der Waals surface area contributed by atoms with Crippen LogP contribution in [0.15, 0.2) is 47.4 Å². The summed E-state index contributed by atoms with van der Waals surface area (Å²) in [5.41, 5.74) is 1.67. The number of nitriles is 1. The van der Waals surface area contributed by atoms with Crippen molar-refractivity contribution < 1.29 is 17.5 Å². The van der Waals surface area contributed by atoms with Gasteiger partial charge in [0.15, 0.2) is 0 Å². The van der Waals surface area contributed by atoms with E-state index in [1.165, 1.54) is 24.3 Å². The number of nitrogens with two attached hydrogens (primary N) is 1. The van der Waals surface area contributed by atoms with Gasteiger partial charge in [-0.2, -0.15) is 5.26 Å². The van der Waals surface area contributed by atoms with E-state index in [9.17, 15) is 18.1 Å². The molecule has 1 heterocycles. The molecule has 1 saturated heterocycles. The third-order valence-electron chi connectivity index (χ3n) is 4.26. The second-order valence-electron chi connectivity index (χ2n) is 6.23. The molecule has 2 aromatic carbocycles. The minimum atomic E-state index is -3.88. The molecule has 2 aromatic rings. The van der Waals surface area contributed by atoms with Crippen LogP contribution in [-0.4, -0.2) is 27.6 Å². The molecule has 1 fully saturated rings. The zero-order chi connectivity index (χ0) is 18.9. The van der Waals surface area contributed by atoms with Crippen LogP contribution in [0.1, 0.15) is 24.2 Å². The number of nitrogens with zero attached hydrogens (tertiary/aromatic N) is 2. The van der Waals surface area contributed by atoms with Gasteiger partial charge in [0.05, 0.1) is 22.3 Å². The third kappa shape index (κ3) is 3.85. The van der Waals surface area contributed by atoms with E-state index < -0.39 is 10.0 Å². The second-order valence-corrected chi connectivity index (χ2v) is 7.79. The van der Waals surface area contributed by atoms with Crippen molar-refractivity contribution >= 4 is 15.7 Å². The average molecular weight is 375 g/mol. The van der Waals surface area contributed by atoms with Crippen LogP contribution in [0.2, 0.25) is 0 Å². The lowest BCUT2D eigenvalue weighted by atomic mass is 10.0.